The summed E-state index contributed by atoms with van der Waals surface area (Å²) in [5.74, 6) is -0.647. The molecule has 1 atom stereocenters. The maximum absolute atomic E-state index is 12.8. The van der Waals surface area contributed by atoms with Gasteiger partial charge in [-0.15, -0.1) is 0 Å². The van der Waals surface area contributed by atoms with Crippen molar-refractivity contribution in [2.45, 2.75) is 25.7 Å². The number of benzene rings is 3. The summed E-state index contributed by atoms with van der Waals surface area (Å²) in [5.41, 5.74) is 2.99. The average Bonchev–Trinajstić information content (AvgIpc) is 2.87. The summed E-state index contributed by atoms with van der Waals surface area (Å²) in [6.45, 7) is -0.0364. The summed E-state index contributed by atoms with van der Waals surface area (Å²) in [7, 11) is 0. The Morgan fingerprint density at radius 1 is 1.09 bits per heavy atom. The molecular formula is C25H19NO8. The number of nitrogens with zero attached hydrogens (tertiary/aromatic N) is 1. The molecule has 0 unspecified atom stereocenters. The van der Waals surface area contributed by atoms with Crippen molar-refractivity contribution in [1.29, 1.82) is 0 Å². The van der Waals surface area contributed by atoms with E-state index in [1.165, 1.54) is 18.2 Å². The van der Waals surface area contributed by atoms with Gasteiger partial charge in [0.05, 0.1) is 22.7 Å². The normalized spacial score (nSPS) is 16.5. The van der Waals surface area contributed by atoms with Crippen molar-refractivity contribution >= 4 is 17.6 Å². The van der Waals surface area contributed by atoms with Gasteiger partial charge in [-0.3, -0.25) is 10.1 Å². The molecule has 2 aliphatic rings. The van der Waals surface area contributed by atoms with E-state index in [0.717, 1.165) is 5.56 Å². The number of hydrogen-bond acceptors (Lipinski definition) is 8. The summed E-state index contributed by atoms with van der Waals surface area (Å²) >= 11 is 0. The minimum Gasteiger partial charge on any atom is -0.467 e. The molecular weight excluding hydrogens is 442 g/mol. The highest BCUT2D eigenvalue weighted by Gasteiger charge is 2.28. The lowest BCUT2D eigenvalue weighted by molar-refractivity contribution is -0.385. The van der Waals surface area contributed by atoms with E-state index >= 15 is 0 Å². The Labute approximate surface area is 194 Å². The van der Waals surface area contributed by atoms with Crippen LogP contribution in [0.5, 0.6) is 5.75 Å². The fourth-order valence-corrected chi connectivity index (χ4v) is 4.10. The quantitative estimate of drug-likeness (QED) is 0.314. The van der Waals surface area contributed by atoms with Gasteiger partial charge < -0.3 is 18.9 Å². The number of esters is 2. The number of nitro benzene ring substituents is 1. The van der Waals surface area contributed by atoms with Crippen LogP contribution in [0.1, 0.15) is 49.1 Å². The predicted molar refractivity (Wildman–Crippen MR) is 117 cm³/mol. The average molecular weight is 461 g/mol. The molecule has 0 spiro atoms. The second kappa shape index (κ2) is 8.95. The van der Waals surface area contributed by atoms with Gasteiger partial charge in [0, 0.05) is 29.7 Å². The summed E-state index contributed by atoms with van der Waals surface area (Å²) in [5, 5.41) is 11.3. The summed E-state index contributed by atoms with van der Waals surface area (Å²) in [4.78, 5) is 36.0. The zero-order valence-electron chi connectivity index (χ0n) is 17.9. The first-order valence-electron chi connectivity index (χ1n) is 10.6. The molecule has 34 heavy (non-hydrogen) atoms. The number of non-ortho nitro benzene ring substituents is 1. The van der Waals surface area contributed by atoms with Gasteiger partial charge in [0.25, 0.3) is 5.69 Å². The van der Waals surface area contributed by atoms with Crippen LogP contribution < -0.4 is 4.74 Å². The van der Waals surface area contributed by atoms with Crippen molar-refractivity contribution < 1.29 is 33.5 Å². The van der Waals surface area contributed by atoms with Gasteiger partial charge in [-0.2, -0.15) is 0 Å². The van der Waals surface area contributed by atoms with Crippen LogP contribution in [0.25, 0.3) is 0 Å². The minimum absolute atomic E-state index is 0.00919. The largest absolute Gasteiger partial charge is 0.467 e. The van der Waals surface area contributed by atoms with Crippen molar-refractivity contribution in [2.24, 2.45) is 0 Å². The molecule has 0 bridgehead atoms. The smallest absolute Gasteiger partial charge is 0.339 e. The van der Waals surface area contributed by atoms with Crippen molar-refractivity contribution in [3.05, 3.63) is 104 Å². The molecule has 9 heteroatoms. The zero-order chi connectivity index (χ0) is 23.7. The third-order valence-corrected chi connectivity index (χ3v) is 5.73. The molecule has 0 fully saturated rings. The molecule has 9 nitrogen and oxygen atoms in total. The predicted octanol–water partition coefficient (Wildman–Crippen LogP) is 4.27. The van der Waals surface area contributed by atoms with Crippen molar-refractivity contribution in [1.82, 2.24) is 0 Å². The first-order chi connectivity index (χ1) is 16.5. The number of hydrogen-bond donors (Lipinski definition) is 0. The van der Waals surface area contributed by atoms with Crippen LogP contribution in [0.2, 0.25) is 0 Å². The van der Waals surface area contributed by atoms with Crippen LogP contribution in [-0.2, 0) is 33.8 Å². The van der Waals surface area contributed by atoms with Crippen LogP contribution in [-0.4, -0.2) is 23.7 Å². The van der Waals surface area contributed by atoms with Gasteiger partial charge in [0.1, 0.15) is 18.5 Å². The molecule has 5 rings (SSSR count). The third-order valence-electron chi connectivity index (χ3n) is 5.73. The van der Waals surface area contributed by atoms with Gasteiger partial charge in [-0.05, 0) is 29.3 Å². The van der Waals surface area contributed by atoms with Gasteiger partial charge >= 0.3 is 11.9 Å². The van der Waals surface area contributed by atoms with Crippen LogP contribution in [0.4, 0.5) is 5.69 Å². The van der Waals surface area contributed by atoms with Gasteiger partial charge in [0.2, 0.25) is 0 Å². The number of nitro groups is 1. The van der Waals surface area contributed by atoms with E-state index in [1.54, 1.807) is 12.1 Å². The van der Waals surface area contributed by atoms with E-state index in [0.29, 0.717) is 34.4 Å². The summed E-state index contributed by atoms with van der Waals surface area (Å²) < 4.78 is 21.7. The molecule has 0 N–H and O–H groups in total. The van der Waals surface area contributed by atoms with E-state index in [-0.39, 0.29) is 31.3 Å². The Hall–Kier alpha value is -4.24. The van der Waals surface area contributed by atoms with Crippen LogP contribution in [0, 0.1) is 10.1 Å². The number of carbonyl (C=O) groups is 2. The number of fused-ring (bicyclic) bond motifs is 2. The Balaban J connectivity index is 1.35. The molecule has 3 aromatic carbocycles. The summed E-state index contributed by atoms with van der Waals surface area (Å²) in [6, 6.07) is 16.8. The molecule has 3 aromatic rings. The lowest BCUT2D eigenvalue weighted by Crippen LogP contribution is -2.22. The molecule has 0 saturated carbocycles. The van der Waals surface area contributed by atoms with E-state index < -0.39 is 23.0 Å². The lowest BCUT2D eigenvalue weighted by Gasteiger charge is -2.25. The van der Waals surface area contributed by atoms with Crippen LogP contribution >= 0.6 is 0 Å². The fraction of sp³-hybridized carbons (Fsp3) is 0.200. The number of cyclic esters (lactones) is 1. The van der Waals surface area contributed by atoms with Crippen LogP contribution in [0.15, 0.2) is 60.7 Å². The summed E-state index contributed by atoms with van der Waals surface area (Å²) in [6.07, 6.45) is -0.0125. The maximum atomic E-state index is 12.8. The van der Waals surface area contributed by atoms with Gasteiger partial charge in [-0.1, -0.05) is 30.3 Å². The number of carbonyl (C=O) groups excluding carboxylic acids is 2. The topological polar surface area (TPSA) is 114 Å². The monoisotopic (exact) mass is 461 g/mol. The van der Waals surface area contributed by atoms with E-state index in [2.05, 4.69) is 0 Å². The van der Waals surface area contributed by atoms with Crippen molar-refractivity contribution in [2.75, 3.05) is 6.79 Å². The molecule has 0 radical (unpaired) electrons. The first kappa shape index (κ1) is 21.6. The second-order valence-corrected chi connectivity index (χ2v) is 7.92. The minimum atomic E-state index is -0.620. The molecule has 2 aliphatic heterocycles. The highest BCUT2D eigenvalue weighted by molar-refractivity contribution is 5.95. The Morgan fingerprint density at radius 3 is 2.71 bits per heavy atom. The van der Waals surface area contributed by atoms with E-state index in [1.807, 2.05) is 30.3 Å². The first-order valence-corrected chi connectivity index (χ1v) is 10.6. The van der Waals surface area contributed by atoms with E-state index in [9.17, 15) is 19.7 Å². The highest BCUT2D eigenvalue weighted by atomic mass is 16.7. The SMILES string of the molecule is O=C(OCc1cc([N+](=O)[O-])cc2c1OCOC2)c1ccc2c(c1)C[C@@H](c1ccccc1)OC2=O. The molecule has 0 amide bonds. The zero-order valence-corrected chi connectivity index (χ0v) is 17.9. The van der Waals surface area contributed by atoms with Crippen LogP contribution in [0.3, 0.4) is 0 Å². The molecule has 0 aromatic heterocycles. The third kappa shape index (κ3) is 4.20. The van der Waals surface area contributed by atoms with Gasteiger partial charge in [0.15, 0.2) is 6.79 Å². The van der Waals surface area contributed by atoms with Crippen molar-refractivity contribution in [3.8, 4) is 5.75 Å². The highest BCUT2D eigenvalue weighted by Crippen LogP contribution is 2.34. The molecule has 0 saturated heterocycles. The molecule has 0 aliphatic carbocycles. The number of ether oxygens (including phenoxy) is 4. The van der Waals surface area contributed by atoms with Crippen molar-refractivity contribution in [3.63, 3.8) is 0 Å². The lowest BCUT2D eigenvalue weighted by atomic mass is 9.93. The Morgan fingerprint density at radius 2 is 1.91 bits per heavy atom. The Bertz CT molecular complexity index is 1290. The second-order valence-electron chi connectivity index (χ2n) is 7.92. The standard InChI is InChI=1S/C25H19NO8/c27-24(32-13-19-10-20(26(29)30)9-18-12-31-14-33-23(18)19)16-6-7-21-17(8-16)11-22(34-25(21)28)15-4-2-1-3-5-15/h1-10,22H,11-14H2/t22-/m0/s1. The van der Waals surface area contributed by atoms with E-state index in [4.69, 9.17) is 18.9 Å². The molecule has 2 heterocycles. The molecule has 172 valence electrons. The fourth-order valence-electron chi connectivity index (χ4n) is 4.10. The Kier molecular flexibility index (Phi) is 5.69. The number of rotatable bonds is 5. The maximum Gasteiger partial charge on any atom is 0.339 e. The van der Waals surface area contributed by atoms with Gasteiger partial charge in [-0.25, -0.2) is 9.59 Å².